The molecule has 302 valence electrons. The van der Waals surface area contributed by atoms with Crippen LogP contribution in [-0.4, -0.2) is 74.9 Å². The molecule has 0 bridgehead atoms. The van der Waals surface area contributed by atoms with E-state index in [9.17, 15) is 61.5 Å². The molecule has 0 atom stereocenters. The number of ketones is 2. The molecule has 0 aliphatic heterocycles. The maximum atomic E-state index is 13.3. The van der Waals surface area contributed by atoms with E-state index in [1.54, 1.807) is 38.1 Å². The summed E-state index contributed by atoms with van der Waals surface area (Å²) in [5, 5.41) is 7.77. The van der Waals surface area contributed by atoms with Crippen LogP contribution in [0.3, 0.4) is 0 Å². The Balaban J connectivity index is 0.00000661. The van der Waals surface area contributed by atoms with Crippen LogP contribution in [0.5, 0.6) is 0 Å². The maximum absolute atomic E-state index is 13.3. The standard InChI is InChI=1S/C34H28N6O14S4.Na/c1-15-7-17(3-5-25(15)37-39-31-27(57(49,50)51)11-19-9-21(55(43,44)45)13-23(35)29(19)33(31)41)18-4-6-26(16(2)8-18)38-40-32-28(58(52,53)54)12-20-10-22(56(46,47)48)14-24(36)30(20)34(32)42;/h3-14,37-38H,35-36H2,1-2H3,(H,43,44,45)(H,46,47,48)(H,49,50,51)(H,52,53,54);/q;+1/p-4/b39-31+,40-32+;. The molecular weight excluding hydrogens is 868 g/mol. The van der Waals surface area contributed by atoms with E-state index in [0.29, 0.717) is 34.4 Å². The molecule has 4 aromatic carbocycles. The second-order valence-electron chi connectivity index (χ2n) is 12.6. The van der Waals surface area contributed by atoms with Crippen LogP contribution in [0.4, 0.5) is 22.7 Å². The zero-order chi connectivity index (χ0) is 42.9. The number of nitrogens with zero attached hydrogens (tertiary/aromatic N) is 2. The fraction of sp³-hybridized carbons (Fsp3) is 0.0588. The zero-order valence-corrected chi connectivity index (χ0v) is 35.6. The van der Waals surface area contributed by atoms with Crippen LogP contribution in [0.2, 0.25) is 0 Å². The number of fused-ring (bicyclic) bond motifs is 2. The number of carbonyl (C=O) groups excluding carboxylic acids is 2. The molecule has 0 heterocycles. The second kappa shape index (κ2) is 15.8. The number of allylic oxidation sites excluding steroid dienone is 2. The maximum Gasteiger partial charge on any atom is 1.00 e. The summed E-state index contributed by atoms with van der Waals surface area (Å²) in [6.07, 6.45) is 1.39. The minimum atomic E-state index is -5.37. The van der Waals surface area contributed by atoms with Gasteiger partial charge in [0.1, 0.15) is 51.9 Å². The molecule has 0 spiro atoms. The van der Waals surface area contributed by atoms with E-state index in [1.807, 2.05) is 0 Å². The molecule has 0 amide bonds. The van der Waals surface area contributed by atoms with Gasteiger partial charge in [0.2, 0.25) is 11.6 Å². The van der Waals surface area contributed by atoms with Gasteiger partial charge in [-0.05, 0) is 108 Å². The summed E-state index contributed by atoms with van der Waals surface area (Å²) in [5.74, 6) is -2.27. The largest absolute Gasteiger partial charge is 1.00 e. The summed E-state index contributed by atoms with van der Waals surface area (Å²) >= 11 is 0. The topological polar surface area (TPSA) is 364 Å². The Morgan fingerprint density at radius 2 is 0.864 bits per heavy atom. The molecule has 0 saturated carbocycles. The Hall–Kier alpha value is -5.12. The summed E-state index contributed by atoms with van der Waals surface area (Å²) in [5.41, 5.74) is 15.4. The first kappa shape index (κ1) is 45.0. The number of carbonyl (C=O) groups is 2. The monoisotopic (exact) mass is 891 g/mol. The second-order valence-corrected chi connectivity index (χ2v) is 18.1. The molecule has 0 unspecified atom stereocenters. The SMILES string of the molecule is Cc1cc(-c2ccc(N/N=C3/C(=O)c4c(N)cc(S(=O)(=O)[O-])cc4C=C3S(=O)(=O)[O-])c(C)c2)ccc1N/N=C1/C(=O)c2c(N)cc(S(=O)(=O)[O-])cc2C=C1S(=O)(=O)[O-].[Na+]. The molecule has 25 heteroatoms. The third kappa shape index (κ3) is 9.07. The van der Waals surface area contributed by atoms with Crippen molar-refractivity contribution in [2.75, 3.05) is 22.3 Å². The molecule has 0 radical (unpaired) electrons. The van der Waals surface area contributed by atoms with Gasteiger partial charge in [0.25, 0.3) is 0 Å². The predicted octanol–water partition coefficient (Wildman–Crippen LogP) is -0.952. The van der Waals surface area contributed by atoms with Gasteiger partial charge in [0.15, 0.2) is 0 Å². The Bertz CT molecular complexity index is 2930. The van der Waals surface area contributed by atoms with Gasteiger partial charge in [-0.3, -0.25) is 20.4 Å². The molecule has 6 rings (SSSR count). The predicted molar refractivity (Wildman–Crippen MR) is 205 cm³/mol. The van der Waals surface area contributed by atoms with Gasteiger partial charge < -0.3 is 29.7 Å². The third-order valence-electron chi connectivity index (χ3n) is 8.75. The van der Waals surface area contributed by atoms with Crippen molar-refractivity contribution in [2.45, 2.75) is 23.6 Å². The summed E-state index contributed by atoms with van der Waals surface area (Å²) in [6.45, 7) is 3.27. The minimum Gasteiger partial charge on any atom is -0.744 e. The first-order valence-electron chi connectivity index (χ1n) is 15.9. The van der Waals surface area contributed by atoms with Gasteiger partial charge in [-0.15, -0.1) is 0 Å². The minimum absolute atomic E-state index is 0. The Morgan fingerprint density at radius 3 is 1.15 bits per heavy atom. The van der Waals surface area contributed by atoms with Gasteiger partial charge in [0, 0.05) is 11.4 Å². The Labute approximate surface area is 358 Å². The zero-order valence-electron chi connectivity index (χ0n) is 30.3. The van der Waals surface area contributed by atoms with Crippen molar-refractivity contribution in [3.8, 4) is 11.1 Å². The number of nitrogens with one attached hydrogen (secondary N) is 2. The molecular formula is C34H24N6NaO14S4-3. The fourth-order valence-electron chi connectivity index (χ4n) is 6.00. The summed E-state index contributed by atoms with van der Waals surface area (Å²) in [6, 6.07) is 12.5. The van der Waals surface area contributed by atoms with E-state index in [2.05, 4.69) is 21.1 Å². The van der Waals surface area contributed by atoms with E-state index < -0.39 is 94.4 Å². The summed E-state index contributed by atoms with van der Waals surface area (Å²) < 4.78 is 142. The van der Waals surface area contributed by atoms with Gasteiger partial charge in [-0.2, -0.15) is 10.2 Å². The number of Topliss-reactive ketones (excluding diaryl/α,β-unsaturated/α-hetero) is 2. The number of hydrogen-bond donors (Lipinski definition) is 4. The van der Waals surface area contributed by atoms with Crippen molar-refractivity contribution < 1.29 is 91.0 Å². The number of benzene rings is 4. The van der Waals surface area contributed by atoms with Crippen molar-refractivity contribution >= 4 is 98.4 Å². The van der Waals surface area contributed by atoms with Crippen molar-refractivity contribution in [3.63, 3.8) is 0 Å². The molecule has 0 saturated heterocycles. The van der Waals surface area contributed by atoms with Crippen LogP contribution in [0.1, 0.15) is 43.0 Å². The number of rotatable bonds is 9. The summed E-state index contributed by atoms with van der Waals surface area (Å²) in [7, 11) is -20.9. The third-order valence-corrected chi connectivity index (χ3v) is 12.1. The number of nitrogens with two attached hydrogens (primary N) is 2. The van der Waals surface area contributed by atoms with Crippen LogP contribution < -0.4 is 51.9 Å². The van der Waals surface area contributed by atoms with Gasteiger partial charge in [0.05, 0.1) is 42.1 Å². The average molecular weight is 892 g/mol. The normalized spacial score (nSPS) is 15.8. The number of aryl methyl sites for hydroxylation is 2. The molecule has 4 aromatic rings. The smallest absolute Gasteiger partial charge is 0.744 e. The molecule has 2 aliphatic rings. The number of hydrogen-bond acceptors (Lipinski definition) is 20. The van der Waals surface area contributed by atoms with E-state index in [0.717, 1.165) is 24.3 Å². The van der Waals surface area contributed by atoms with Crippen molar-refractivity contribution in [1.82, 2.24) is 0 Å². The molecule has 2 aliphatic carbocycles. The Kier molecular flexibility index (Phi) is 12.1. The summed E-state index contributed by atoms with van der Waals surface area (Å²) in [4.78, 5) is 22.8. The van der Waals surface area contributed by atoms with Crippen molar-refractivity contribution in [3.05, 3.63) is 104 Å². The van der Waals surface area contributed by atoms with E-state index in [4.69, 9.17) is 11.5 Å². The van der Waals surface area contributed by atoms with Crippen molar-refractivity contribution in [2.24, 2.45) is 10.2 Å². The first-order valence-corrected chi connectivity index (χ1v) is 21.5. The fourth-order valence-corrected chi connectivity index (χ4v) is 8.38. The number of hydrazone groups is 2. The van der Waals surface area contributed by atoms with Gasteiger partial charge in [-0.1, -0.05) is 12.1 Å². The van der Waals surface area contributed by atoms with Crippen LogP contribution in [0.25, 0.3) is 23.3 Å². The van der Waals surface area contributed by atoms with Crippen LogP contribution in [0.15, 0.2) is 90.5 Å². The van der Waals surface area contributed by atoms with E-state index >= 15 is 0 Å². The van der Waals surface area contributed by atoms with E-state index in [-0.39, 0.29) is 63.2 Å². The molecule has 20 nitrogen and oxygen atoms in total. The van der Waals surface area contributed by atoms with Gasteiger partial charge in [-0.25, -0.2) is 33.7 Å². The number of anilines is 4. The molecule has 0 fully saturated rings. The van der Waals surface area contributed by atoms with Gasteiger partial charge >= 0.3 is 29.6 Å². The molecule has 6 N–H and O–H groups in total. The Morgan fingerprint density at radius 1 is 0.525 bits per heavy atom. The van der Waals surface area contributed by atoms with Crippen LogP contribution in [0, 0.1) is 13.8 Å². The van der Waals surface area contributed by atoms with Crippen molar-refractivity contribution in [1.29, 1.82) is 0 Å². The first-order chi connectivity index (χ1) is 26.8. The van der Waals surface area contributed by atoms with Crippen LogP contribution >= 0.6 is 0 Å². The van der Waals surface area contributed by atoms with Crippen LogP contribution in [-0.2, 0) is 40.5 Å². The molecule has 0 aromatic heterocycles. The average Bonchev–Trinajstić information content (AvgIpc) is 3.09. The van der Waals surface area contributed by atoms with E-state index in [1.165, 1.54) is 12.1 Å². The quantitative estimate of drug-likeness (QED) is 0.0681. The molecule has 59 heavy (non-hydrogen) atoms. The number of nitrogen functional groups attached to an aromatic ring is 2.